The van der Waals surface area contributed by atoms with Gasteiger partial charge in [-0.3, -0.25) is 0 Å². The second-order valence-electron chi connectivity index (χ2n) is 3.71. The van der Waals surface area contributed by atoms with Gasteiger partial charge in [0.15, 0.2) is 0 Å². The van der Waals surface area contributed by atoms with E-state index in [0.29, 0.717) is 0 Å². The molecule has 1 aromatic heterocycles. The van der Waals surface area contributed by atoms with Crippen molar-refractivity contribution >= 4 is 65.8 Å². The average molecular weight is 487 g/mol. The van der Waals surface area contributed by atoms with Crippen LogP contribution in [0.1, 0.15) is 22.0 Å². The van der Waals surface area contributed by atoms with Gasteiger partial charge in [0.2, 0.25) is 0 Å². The minimum absolute atomic E-state index is 0.0818. The van der Waals surface area contributed by atoms with E-state index < -0.39 is 0 Å². The third-order valence-corrected chi connectivity index (χ3v) is 5.52. The van der Waals surface area contributed by atoms with Crippen LogP contribution in [0.15, 0.2) is 32.5 Å². The van der Waals surface area contributed by atoms with Crippen molar-refractivity contribution in [2.24, 2.45) is 5.73 Å². The third kappa shape index (κ3) is 3.12. The molecule has 0 amide bonds. The Kier molecular flexibility index (Phi) is 4.68. The maximum absolute atomic E-state index is 6.35. The van der Waals surface area contributed by atoms with E-state index in [1.807, 2.05) is 6.07 Å². The van der Waals surface area contributed by atoms with Crippen LogP contribution in [0.25, 0.3) is 0 Å². The van der Waals surface area contributed by atoms with Crippen molar-refractivity contribution in [3.8, 4) is 0 Å². The fourth-order valence-electron chi connectivity index (χ4n) is 1.69. The highest BCUT2D eigenvalue weighted by molar-refractivity contribution is 14.1. The zero-order chi connectivity index (χ0) is 12.6. The van der Waals surface area contributed by atoms with Crippen molar-refractivity contribution in [1.29, 1.82) is 0 Å². The van der Waals surface area contributed by atoms with Crippen LogP contribution >= 0.6 is 65.8 Å². The van der Waals surface area contributed by atoms with E-state index in [0.717, 1.165) is 13.8 Å². The summed E-state index contributed by atoms with van der Waals surface area (Å²) < 4.78 is 3.39. The summed E-state index contributed by atoms with van der Waals surface area (Å²) in [6.07, 6.45) is 0. The van der Waals surface area contributed by atoms with Gasteiger partial charge in [-0.25, -0.2) is 0 Å². The number of benzene rings is 1. The van der Waals surface area contributed by atoms with Crippen molar-refractivity contribution in [2.75, 3.05) is 0 Å². The van der Waals surface area contributed by atoms with Gasteiger partial charge in [0.25, 0.3) is 0 Å². The fraction of sp³-hybridized carbons (Fsp3) is 0.167. The first kappa shape index (κ1) is 14.0. The van der Waals surface area contributed by atoms with E-state index >= 15 is 0 Å². The quantitative estimate of drug-likeness (QED) is 0.578. The summed E-state index contributed by atoms with van der Waals surface area (Å²) >= 11 is 11.1. The number of aryl methyl sites for hydroxylation is 1. The molecule has 0 aliphatic rings. The lowest BCUT2D eigenvalue weighted by molar-refractivity contribution is 0.862. The molecule has 1 heterocycles. The molecule has 1 unspecified atom stereocenters. The first-order valence-corrected chi connectivity index (χ1v) is 8.43. The second-order valence-corrected chi connectivity index (χ2v) is 8.44. The van der Waals surface area contributed by atoms with Crippen LogP contribution in [0.4, 0.5) is 0 Å². The van der Waals surface area contributed by atoms with Crippen LogP contribution in [0.3, 0.4) is 0 Å². The summed E-state index contributed by atoms with van der Waals surface area (Å²) in [4.78, 5) is 1.26. The molecule has 0 radical (unpaired) electrons. The highest BCUT2D eigenvalue weighted by Crippen LogP contribution is 2.35. The maximum atomic E-state index is 6.35. The molecule has 1 nitrogen and oxygen atoms in total. The van der Waals surface area contributed by atoms with Gasteiger partial charge < -0.3 is 5.73 Å². The van der Waals surface area contributed by atoms with Crippen LogP contribution in [0.5, 0.6) is 0 Å². The smallest absolute Gasteiger partial charge is 0.0704 e. The van der Waals surface area contributed by atoms with Crippen LogP contribution in [-0.2, 0) is 0 Å². The van der Waals surface area contributed by atoms with Crippen molar-refractivity contribution < 1.29 is 0 Å². The van der Waals surface area contributed by atoms with Crippen LogP contribution in [0.2, 0.25) is 0 Å². The summed E-state index contributed by atoms with van der Waals surface area (Å²) in [6, 6.07) is 8.27. The fourth-order valence-corrected chi connectivity index (χ4v) is 4.45. The number of halogens is 3. The van der Waals surface area contributed by atoms with E-state index in [4.69, 9.17) is 5.73 Å². The minimum atomic E-state index is -0.0818. The lowest BCUT2D eigenvalue weighted by Crippen LogP contribution is -2.12. The van der Waals surface area contributed by atoms with Crippen molar-refractivity contribution in [2.45, 2.75) is 13.0 Å². The summed E-state index contributed by atoms with van der Waals surface area (Å²) in [7, 11) is 0. The molecule has 2 aromatic rings. The molecule has 17 heavy (non-hydrogen) atoms. The zero-order valence-corrected chi connectivity index (χ0v) is 15.2. The topological polar surface area (TPSA) is 26.0 Å². The Morgan fingerprint density at radius 1 is 1.24 bits per heavy atom. The van der Waals surface area contributed by atoms with E-state index in [1.54, 1.807) is 11.3 Å². The highest BCUT2D eigenvalue weighted by Gasteiger charge is 2.16. The molecule has 1 atom stereocenters. The summed E-state index contributed by atoms with van der Waals surface area (Å²) in [5.74, 6) is 0. The number of nitrogens with two attached hydrogens (primary N) is 1. The van der Waals surface area contributed by atoms with Gasteiger partial charge in [-0.1, -0.05) is 15.9 Å². The summed E-state index contributed by atoms with van der Waals surface area (Å²) in [6.45, 7) is 2.10. The zero-order valence-electron chi connectivity index (χ0n) is 9.01. The van der Waals surface area contributed by atoms with Crippen LogP contribution < -0.4 is 5.73 Å². The molecule has 1 aromatic carbocycles. The van der Waals surface area contributed by atoms with E-state index in [-0.39, 0.29) is 6.04 Å². The molecule has 0 bridgehead atoms. The first-order valence-electron chi connectivity index (χ1n) is 4.95. The molecule has 0 aliphatic heterocycles. The van der Waals surface area contributed by atoms with Crippen LogP contribution in [0, 0.1) is 10.5 Å². The molecule has 2 rings (SSSR count). The van der Waals surface area contributed by atoms with Crippen molar-refractivity contribution in [3.63, 3.8) is 0 Å². The first-order chi connectivity index (χ1) is 7.99. The van der Waals surface area contributed by atoms with Crippen LogP contribution in [-0.4, -0.2) is 0 Å². The normalized spacial score (nSPS) is 12.8. The number of hydrogen-bond acceptors (Lipinski definition) is 2. The van der Waals surface area contributed by atoms with Crippen molar-refractivity contribution in [3.05, 3.63) is 52.1 Å². The second kappa shape index (κ2) is 5.69. The Balaban J connectivity index is 2.46. The lowest BCUT2D eigenvalue weighted by atomic mass is 10.0. The monoisotopic (exact) mass is 485 g/mol. The number of rotatable bonds is 2. The van der Waals surface area contributed by atoms with E-state index in [1.165, 1.54) is 14.0 Å². The van der Waals surface area contributed by atoms with Crippen molar-refractivity contribution in [1.82, 2.24) is 0 Å². The van der Waals surface area contributed by atoms with E-state index in [2.05, 4.69) is 79.6 Å². The highest BCUT2D eigenvalue weighted by atomic mass is 127. The van der Waals surface area contributed by atoms with Gasteiger partial charge in [0.05, 0.1) is 9.83 Å². The molecular weight excluding hydrogens is 477 g/mol. The van der Waals surface area contributed by atoms with Gasteiger partial charge in [0, 0.05) is 12.9 Å². The molecule has 5 heteroatoms. The van der Waals surface area contributed by atoms with Gasteiger partial charge in [-0.05, 0) is 80.8 Å². The molecular formula is C12H10Br2INS. The Labute approximate surface area is 135 Å². The third-order valence-electron chi connectivity index (χ3n) is 2.55. The molecule has 0 fully saturated rings. The Bertz CT molecular complexity index is 553. The van der Waals surface area contributed by atoms with Gasteiger partial charge in [-0.2, -0.15) is 0 Å². The Hall–Kier alpha value is 0.570. The molecule has 90 valence electrons. The number of thiophene rings is 1. The maximum Gasteiger partial charge on any atom is 0.0704 e. The largest absolute Gasteiger partial charge is 0.320 e. The molecule has 2 N–H and O–H groups in total. The SMILES string of the molecule is Cc1sc(Br)cc1C(N)c1cc(I)ccc1Br. The predicted octanol–water partition coefficient (Wildman–Crippen LogP) is 5.23. The number of hydrogen-bond donors (Lipinski definition) is 1. The summed E-state index contributed by atoms with van der Waals surface area (Å²) in [5, 5.41) is 0. The molecule has 0 aliphatic carbocycles. The Morgan fingerprint density at radius 3 is 2.53 bits per heavy atom. The Morgan fingerprint density at radius 2 is 1.94 bits per heavy atom. The molecule has 0 saturated carbocycles. The average Bonchev–Trinajstić information content (AvgIpc) is 2.60. The standard InChI is InChI=1S/C12H10Br2INS/c1-6-8(5-11(14)17-6)12(16)9-4-7(15)2-3-10(9)13/h2-5,12H,16H2,1H3. The van der Waals surface area contributed by atoms with Gasteiger partial charge in [0.1, 0.15) is 0 Å². The molecule has 0 spiro atoms. The predicted molar refractivity (Wildman–Crippen MR) is 89.6 cm³/mol. The minimum Gasteiger partial charge on any atom is -0.320 e. The molecule has 0 saturated heterocycles. The summed E-state index contributed by atoms with van der Waals surface area (Å²) in [5.41, 5.74) is 8.67. The van der Waals surface area contributed by atoms with Gasteiger partial charge >= 0.3 is 0 Å². The van der Waals surface area contributed by atoms with Gasteiger partial charge in [-0.15, -0.1) is 11.3 Å². The lowest BCUT2D eigenvalue weighted by Gasteiger charge is -2.14. The van der Waals surface area contributed by atoms with E-state index in [9.17, 15) is 0 Å².